The Morgan fingerprint density at radius 1 is 1.05 bits per heavy atom. The van der Waals surface area contributed by atoms with Crippen LogP contribution in [0.25, 0.3) is 22.2 Å². The quantitative estimate of drug-likeness (QED) is 0.193. The minimum atomic E-state index is -4.65. The van der Waals surface area contributed by atoms with E-state index in [1.807, 2.05) is 0 Å². The number of aliphatic hydroxyl groups is 2. The van der Waals surface area contributed by atoms with Gasteiger partial charge in [0.1, 0.15) is 28.4 Å². The average Bonchev–Trinajstić information content (AvgIpc) is 3.78. The number of halogens is 5. The van der Waals surface area contributed by atoms with Crippen LogP contribution in [0.4, 0.5) is 22.0 Å². The lowest BCUT2D eigenvalue weighted by molar-refractivity contribution is -0.137. The third-order valence-corrected chi connectivity index (χ3v) is 7.63. The maximum Gasteiger partial charge on any atom is 0.417 e. The smallest absolute Gasteiger partial charge is 0.417 e. The van der Waals surface area contributed by atoms with Crippen molar-refractivity contribution in [1.29, 1.82) is 0 Å². The van der Waals surface area contributed by atoms with Gasteiger partial charge in [0.15, 0.2) is 5.82 Å². The summed E-state index contributed by atoms with van der Waals surface area (Å²) in [6.45, 7) is 2.35. The van der Waals surface area contributed by atoms with E-state index in [2.05, 4.69) is 15.3 Å². The molecule has 5 rings (SSSR count). The predicted molar refractivity (Wildman–Crippen MR) is 152 cm³/mol. The Morgan fingerprint density at radius 2 is 1.73 bits per heavy atom. The number of hydrogen-bond donors (Lipinski definition) is 3. The fraction of sp³-hybridized carbons (Fsp3) is 0.344. The topological polar surface area (TPSA) is 105 Å². The summed E-state index contributed by atoms with van der Waals surface area (Å²) < 4.78 is 74.5. The molecule has 0 saturated heterocycles. The monoisotopic (exact) mass is 615 g/mol. The highest BCUT2D eigenvalue weighted by molar-refractivity contribution is 6.00. The van der Waals surface area contributed by atoms with Crippen LogP contribution < -0.4 is 10.1 Å². The average molecular weight is 616 g/mol. The molecule has 7 nitrogen and oxygen atoms in total. The number of carbonyl (C=O) groups excluding carboxylic acids is 1. The summed E-state index contributed by atoms with van der Waals surface area (Å²) in [4.78, 5) is 21.6. The Hall–Kier alpha value is -4.16. The number of benzene rings is 2. The number of methoxy groups -OCH3 is 1. The van der Waals surface area contributed by atoms with Crippen LogP contribution in [0, 0.1) is 17.6 Å². The zero-order valence-corrected chi connectivity index (χ0v) is 24.1. The number of hydrogen-bond acceptors (Lipinski definition) is 6. The van der Waals surface area contributed by atoms with Crippen LogP contribution in [0.2, 0.25) is 0 Å². The van der Waals surface area contributed by atoms with Crippen molar-refractivity contribution >= 4 is 16.8 Å². The van der Waals surface area contributed by atoms with Crippen LogP contribution in [0.15, 0.2) is 54.7 Å². The van der Waals surface area contributed by atoms with E-state index in [-0.39, 0.29) is 57.1 Å². The maximum absolute atomic E-state index is 15.7. The SMILES string of the molecule is COc1cc(C(=O)NCC(O)(CC2CC2)c2cc(C(C)(C)O)c(F)c(-c3ccc(F)cc3)n2)cc2cc(C(F)(F)F)cnc12. The van der Waals surface area contributed by atoms with Gasteiger partial charge < -0.3 is 20.3 Å². The highest BCUT2D eigenvalue weighted by Gasteiger charge is 2.40. The molecule has 12 heteroatoms. The number of fused-ring (bicyclic) bond motifs is 1. The first-order valence-electron chi connectivity index (χ1n) is 13.8. The van der Waals surface area contributed by atoms with Crippen molar-refractivity contribution in [3.63, 3.8) is 0 Å². The summed E-state index contributed by atoms with van der Waals surface area (Å²) in [5, 5.41) is 25.4. The van der Waals surface area contributed by atoms with E-state index in [4.69, 9.17) is 4.74 Å². The first kappa shape index (κ1) is 31.3. The highest BCUT2D eigenvalue weighted by atomic mass is 19.4. The fourth-order valence-electron chi connectivity index (χ4n) is 5.07. The van der Waals surface area contributed by atoms with Gasteiger partial charge >= 0.3 is 6.18 Å². The van der Waals surface area contributed by atoms with Crippen molar-refractivity contribution < 1.29 is 41.7 Å². The first-order valence-corrected chi connectivity index (χ1v) is 13.8. The molecule has 1 aliphatic rings. The van der Waals surface area contributed by atoms with Crippen molar-refractivity contribution in [3.05, 3.63) is 88.7 Å². The van der Waals surface area contributed by atoms with Crippen LogP contribution in [0.1, 0.15) is 60.3 Å². The maximum atomic E-state index is 15.7. The van der Waals surface area contributed by atoms with E-state index in [1.54, 1.807) is 0 Å². The van der Waals surface area contributed by atoms with E-state index in [0.29, 0.717) is 6.20 Å². The number of nitrogens with zero attached hydrogens (tertiary/aromatic N) is 2. The Balaban J connectivity index is 1.53. The van der Waals surface area contributed by atoms with Gasteiger partial charge in [-0.25, -0.2) is 13.8 Å². The van der Waals surface area contributed by atoms with Crippen molar-refractivity contribution in [2.75, 3.05) is 13.7 Å². The first-order chi connectivity index (χ1) is 20.6. The Morgan fingerprint density at radius 3 is 2.32 bits per heavy atom. The molecule has 1 unspecified atom stereocenters. The second-order valence-corrected chi connectivity index (χ2v) is 11.6. The fourth-order valence-corrected chi connectivity index (χ4v) is 5.07. The second kappa shape index (κ2) is 11.4. The van der Waals surface area contributed by atoms with Crippen LogP contribution >= 0.6 is 0 Å². The van der Waals surface area contributed by atoms with Gasteiger partial charge in [-0.1, -0.05) is 12.8 Å². The zero-order chi connectivity index (χ0) is 32.0. The number of ether oxygens (including phenoxy) is 1. The van der Waals surface area contributed by atoms with E-state index in [9.17, 15) is 32.6 Å². The van der Waals surface area contributed by atoms with E-state index in [1.165, 1.54) is 51.3 Å². The van der Waals surface area contributed by atoms with Crippen LogP contribution in [0.3, 0.4) is 0 Å². The number of alkyl halides is 3. The molecule has 1 atom stereocenters. The van der Waals surface area contributed by atoms with Gasteiger partial charge in [0.2, 0.25) is 0 Å². The van der Waals surface area contributed by atoms with Gasteiger partial charge in [-0.15, -0.1) is 0 Å². The molecule has 1 amide bonds. The van der Waals surface area contributed by atoms with E-state index >= 15 is 4.39 Å². The molecular weight excluding hydrogens is 585 g/mol. The number of aromatic nitrogens is 2. The molecule has 0 radical (unpaired) electrons. The summed E-state index contributed by atoms with van der Waals surface area (Å²) in [7, 11) is 1.29. The van der Waals surface area contributed by atoms with Gasteiger partial charge in [-0.05, 0) is 74.7 Å². The van der Waals surface area contributed by atoms with Gasteiger partial charge in [-0.3, -0.25) is 9.78 Å². The van der Waals surface area contributed by atoms with Gasteiger partial charge in [0, 0.05) is 28.3 Å². The lowest BCUT2D eigenvalue weighted by Gasteiger charge is -2.31. The molecule has 3 N–H and O–H groups in total. The molecule has 0 spiro atoms. The molecule has 2 heterocycles. The molecular formula is C32H30F5N3O4. The van der Waals surface area contributed by atoms with Crippen molar-refractivity contribution in [1.82, 2.24) is 15.3 Å². The molecule has 0 aliphatic heterocycles. The number of nitrogens with one attached hydrogen (secondary N) is 1. The summed E-state index contributed by atoms with van der Waals surface area (Å²) in [6, 6.07) is 9.60. The molecule has 0 bridgehead atoms. The van der Waals surface area contributed by atoms with Crippen LogP contribution in [-0.4, -0.2) is 39.7 Å². The lowest BCUT2D eigenvalue weighted by atomic mass is 9.87. The van der Waals surface area contributed by atoms with E-state index < -0.39 is 47.0 Å². The number of amides is 1. The molecule has 1 aliphatic carbocycles. The summed E-state index contributed by atoms with van der Waals surface area (Å²) >= 11 is 0. The Bertz CT molecular complexity index is 1720. The normalized spacial score (nSPS) is 15.2. The lowest BCUT2D eigenvalue weighted by Crippen LogP contribution is -2.42. The second-order valence-electron chi connectivity index (χ2n) is 11.6. The number of carbonyl (C=O) groups is 1. The van der Waals surface area contributed by atoms with Gasteiger partial charge in [-0.2, -0.15) is 13.2 Å². The van der Waals surface area contributed by atoms with Gasteiger partial charge in [0.25, 0.3) is 5.91 Å². The molecule has 2 aromatic heterocycles. The van der Waals surface area contributed by atoms with E-state index in [0.717, 1.165) is 31.0 Å². The Kier molecular flexibility index (Phi) is 8.10. The standard InChI is InChI=1S/C32H30F5N3O4/c1-30(2,42)23-13-25(40-28(26(23)34)18-6-8-22(33)9-7-18)31(43,14-17-4-5-17)16-39-29(41)20-10-19-11-21(32(35,36)37)15-38-27(19)24(12-20)44-3/h6-13,15,17,42-43H,4-5,14,16H2,1-3H3,(H,39,41). The molecule has 4 aromatic rings. The van der Waals surface area contributed by atoms with Crippen molar-refractivity contribution in [2.24, 2.45) is 5.92 Å². The summed E-state index contributed by atoms with van der Waals surface area (Å²) in [5.41, 5.74) is -4.60. The minimum absolute atomic E-state index is 0.0161. The summed E-state index contributed by atoms with van der Waals surface area (Å²) in [5.74, 6) is -1.94. The summed E-state index contributed by atoms with van der Waals surface area (Å²) in [6.07, 6.45) is -2.18. The van der Waals surface area contributed by atoms with Crippen LogP contribution in [-0.2, 0) is 17.4 Å². The third kappa shape index (κ3) is 6.51. The molecule has 1 fully saturated rings. The minimum Gasteiger partial charge on any atom is -0.494 e. The zero-order valence-electron chi connectivity index (χ0n) is 24.1. The molecule has 44 heavy (non-hydrogen) atoms. The van der Waals surface area contributed by atoms with Crippen LogP contribution in [0.5, 0.6) is 5.75 Å². The number of pyridine rings is 2. The molecule has 2 aromatic carbocycles. The molecule has 232 valence electrons. The van der Waals surface area contributed by atoms with Crippen molar-refractivity contribution in [3.8, 4) is 17.0 Å². The Labute approximate surface area is 249 Å². The predicted octanol–water partition coefficient (Wildman–Crippen LogP) is 6.25. The largest absolute Gasteiger partial charge is 0.494 e. The van der Waals surface area contributed by atoms with Gasteiger partial charge in [0.05, 0.1) is 30.5 Å². The van der Waals surface area contributed by atoms with Crippen molar-refractivity contribution in [2.45, 2.75) is 50.5 Å². The molecule has 1 saturated carbocycles. The number of rotatable bonds is 9. The third-order valence-electron chi connectivity index (χ3n) is 7.63. The highest BCUT2D eigenvalue weighted by Crippen LogP contribution is 2.42.